The van der Waals surface area contributed by atoms with Crippen LogP contribution in [-0.4, -0.2) is 21.9 Å². The molecule has 0 fully saturated rings. The van der Waals surface area contributed by atoms with E-state index in [1.54, 1.807) is 18.7 Å². The van der Waals surface area contributed by atoms with Crippen LogP contribution in [-0.2, 0) is 7.05 Å². The molecular formula is C17H16N4O2S. The molecule has 0 saturated heterocycles. The van der Waals surface area contributed by atoms with Crippen molar-refractivity contribution < 1.29 is 9.84 Å². The Bertz CT molecular complexity index is 916. The van der Waals surface area contributed by atoms with Gasteiger partial charge in [-0.3, -0.25) is 0 Å². The largest absolute Gasteiger partial charge is 0.497 e. The van der Waals surface area contributed by atoms with E-state index in [1.165, 1.54) is 0 Å². The van der Waals surface area contributed by atoms with Gasteiger partial charge in [0.15, 0.2) is 5.69 Å². The molecule has 3 rings (SSSR count). The van der Waals surface area contributed by atoms with Gasteiger partial charge in [0.05, 0.1) is 12.6 Å². The molecule has 0 radical (unpaired) electrons. The zero-order chi connectivity index (χ0) is 17.1. The van der Waals surface area contributed by atoms with Crippen molar-refractivity contribution >= 4 is 39.6 Å². The van der Waals surface area contributed by atoms with E-state index in [-0.39, 0.29) is 11.0 Å². The number of ether oxygens (including phenoxy) is 1. The number of aryl methyl sites for hydroxylation is 1. The van der Waals surface area contributed by atoms with Gasteiger partial charge in [-0.1, -0.05) is 18.2 Å². The molecule has 6 nitrogen and oxygen atoms in total. The van der Waals surface area contributed by atoms with Gasteiger partial charge in [-0.15, -0.1) is 10.2 Å². The molecule has 0 bridgehead atoms. The lowest BCUT2D eigenvalue weighted by atomic mass is 10.2. The number of methoxy groups -OCH3 is 1. The lowest BCUT2D eigenvalue weighted by Crippen LogP contribution is -2.04. The zero-order valence-corrected chi connectivity index (χ0v) is 14.0. The second kappa shape index (κ2) is 6.67. The highest BCUT2D eigenvalue weighted by Crippen LogP contribution is 2.37. The minimum absolute atomic E-state index is 0.0483. The molecule has 24 heavy (non-hydrogen) atoms. The van der Waals surface area contributed by atoms with Gasteiger partial charge < -0.3 is 19.7 Å². The molecule has 1 heterocycles. The number of para-hydroxylation sites is 1. The Hall–Kier alpha value is -2.93. The van der Waals surface area contributed by atoms with Crippen molar-refractivity contribution in [1.82, 2.24) is 4.57 Å². The number of hydrogen-bond acceptors (Lipinski definition) is 4. The number of azo groups is 1. The molecule has 2 N–H and O–H groups in total. The Kier molecular flexibility index (Phi) is 4.43. The number of nitrogens with zero attached hydrogens (tertiary/aromatic N) is 3. The molecule has 2 aromatic carbocycles. The number of aromatic nitrogens is 1. The van der Waals surface area contributed by atoms with Gasteiger partial charge in [0.25, 0.3) is 0 Å². The third-order valence-electron chi connectivity index (χ3n) is 3.63. The normalized spacial score (nSPS) is 11.1. The number of anilines is 1. The van der Waals surface area contributed by atoms with E-state index < -0.39 is 0 Å². The number of fused-ring (bicyclic) bond motifs is 1. The van der Waals surface area contributed by atoms with Crippen molar-refractivity contribution in [2.75, 3.05) is 12.4 Å². The van der Waals surface area contributed by atoms with E-state index in [4.69, 9.17) is 17.0 Å². The summed E-state index contributed by atoms with van der Waals surface area (Å²) >= 11 is 5.18. The highest BCUT2D eigenvalue weighted by atomic mass is 32.1. The second-order valence-corrected chi connectivity index (χ2v) is 5.49. The van der Waals surface area contributed by atoms with Crippen molar-refractivity contribution in [3.05, 3.63) is 48.5 Å². The van der Waals surface area contributed by atoms with Gasteiger partial charge in [-0.25, -0.2) is 0 Å². The summed E-state index contributed by atoms with van der Waals surface area (Å²) in [6, 6.07) is 14.9. The molecule has 3 aromatic rings. The first-order valence-electron chi connectivity index (χ1n) is 7.23. The van der Waals surface area contributed by atoms with Gasteiger partial charge in [0.2, 0.25) is 11.0 Å². The third-order valence-corrected chi connectivity index (χ3v) is 3.82. The summed E-state index contributed by atoms with van der Waals surface area (Å²) in [6.07, 6.45) is 0. The average molecular weight is 340 g/mol. The monoisotopic (exact) mass is 340 g/mol. The molecule has 0 atom stereocenters. The number of benzene rings is 2. The predicted octanol–water partition coefficient (Wildman–Crippen LogP) is 4.37. The fourth-order valence-electron chi connectivity index (χ4n) is 2.38. The zero-order valence-electron chi connectivity index (χ0n) is 13.2. The van der Waals surface area contributed by atoms with E-state index >= 15 is 0 Å². The fraction of sp³-hybridized carbons (Fsp3) is 0.118. The highest BCUT2D eigenvalue weighted by Gasteiger charge is 2.13. The minimum atomic E-state index is 0.0483. The molecule has 0 saturated carbocycles. The Labute approximate surface area is 144 Å². The van der Waals surface area contributed by atoms with Gasteiger partial charge in [0, 0.05) is 18.1 Å². The van der Waals surface area contributed by atoms with Crippen LogP contribution in [0.5, 0.6) is 11.6 Å². The average Bonchev–Trinajstić information content (AvgIpc) is 2.85. The molecule has 0 aliphatic carbocycles. The summed E-state index contributed by atoms with van der Waals surface area (Å²) < 4.78 is 6.76. The summed E-state index contributed by atoms with van der Waals surface area (Å²) in [5.74, 6) is 0.806. The standard InChI is InChI=1S/C17H16N4O2S/c1-21-14-6-4-3-5-13(14)15(16(21)22)19-20-17(24)18-11-7-9-12(23-2)10-8-11/h3-10,22H,1-2H3,(H,18,24). The molecule has 0 amide bonds. The first-order chi connectivity index (χ1) is 11.6. The number of rotatable bonds is 3. The topological polar surface area (TPSA) is 71.1 Å². The lowest BCUT2D eigenvalue weighted by molar-refractivity contribution is 0.415. The third kappa shape index (κ3) is 3.07. The summed E-state index contributed by atoms with van der Waals surface area (Å²) in [4.78, 5) is 0. The number of hydrogen-bond donors (Lipinski definition) is 2. The quantitative estimate of drug-likeness (QED) is 0.548. The predicted molar refractivity (Wildman–Crippen MR) is 98.3 cm³/mol. The maximum Gasteiger partial charge on any atom is 0.220 e. The van der Waals surface area contributed by atoms with E-state index in [9.17, 15) is 5.11 Å². The Morgan fingerprint density at radius 1 is 1.17 bits per heavy atom. The van der Waals surface area contributed by atoms with E-state index in [0.29, 0.717) is 5.69 Å². The van der Waals surface area contributed by atoms with Crippen molar-refractivity contribution in [2.24, 2.45) is 17.3 Å². The molecule has 0 unspecified atom stereocenters. The summed E-state index contributed by atoms with van der Waals surface area (Å²) in [7, 11) is 3.38. The summed E-state index contributed by atoms with van der Waals surface area (Å²) in [5, 5.41) is 22.3. The van der Waals surface area contributed by atoms with E-state index in [2.05, 4.69) is 15.5 Å². The van der Waals surface area contributed by atoms with Crippen LogP contribution in [0.2, 0.25) is 0 Å². The van der Waals surface area contributed by atoms with Crippen molar-refractivity contribution in [2.45, 2.75) is 0 Å². The van der Waals surface area contributed by atoms with Crippen LogP contribution >= 0.6 is 12.2 Å². The van der Waals surface area contributed by atoms with Crippen molar-refractivity contribution in [3.63, 3.8) is 0 Å². The maximum absolute atomic E-state index is 10.2. The van der Waals surface area contributed by atoms with E-state index in [1.807, 2.05) is 48.5 Å². The molecule has 7 heteroatoms. The first kappa shape index (κ1) is 15.9. The molecule has 1 aromatic heterocycles. The summed E-state index contributed by atoms with van der Waals surface area (Å²) in [6.45, 7) is 0. The molecular weight excluding hydrogens is 324 g/mol. The van der Waals surface area contributed by atoms with Crippen LogP contribution in [0.3, 0.4) is 0 Å². The van der Waals surface area contributed by atoms with Gasteiger partial charge in [-0.05, 0) is 42.5 Å². The van der Waals surface area contributed by atoms with Crippen molar-refractivity contribution in [1.29, 1.82) is 0 Å². The number of aromatic hydroxyl groups is 1. The molecule has 122 valence electrons. The van der Waals surface area contributed by atoms with Crippen LogP contribution < -0.4 is 10.1 Å². The Balaban J connectivity index is 1.80. The second-order valence-electron chi connectivity index (χ2n) is 5.11. The van der Waals surface area contributed by atoms with Gasteiger partial charge in [0.1, 0.15) is 5.75 Å². The first-order valence-corrected chi connectivity index (χ1v) is 7.64. The van der Waals surface area contributed by atoms with Crippen LogP contribution in [0.4, 0.5) is 11.4 Å². The highest BCUT2D eigenvalue weighted by molar-refractivity contribution is 7.80. The Morgan fingerprint density at radius 2 is 1.88 bits per heavy atom. The van der Waals surface area contributed by atoms with Crippen LogP contribution in [0, 0.1) is 0 Å². The molecule has 0 spiro atoms. The smallest absolute Gasteiger partial charge is 0.220 e. The summed E-state index contributed by atoms with van der Waals surface area (Å²) in [5.41, 5.74) is 2.05. The number of nitrogens with one attached hydrogen (secondary N) is 1. The molecule has 0 aliphatic heterocycles. The SMILES string of the molecule is COc1ccc(NC(=S)N=Nc2c(O)n(C)c3ccccc23)cc1. The van der Waals surface area contributed by atoms with Gasteiger partial charge >= 0.3 is 0 Å². The van der Waals surface area contributed by atoms with Gasteiger partial charge in [-0.2, -0.15) is 0 Å². The Morgan fingerprint density at radius 3 is 2.58 bits per heavy atom. The van der Waals surface area contributed by atoms with Crippen molar-refractivity contribution in [3.8, 4) is 11.6 Å². The van der Waals surface area contributed by atoms with Crippen LogP contribution in [0.25, 0.3) is 10.9 Å². The lowest BCUT2D eigenvalue weighted by Gasteiger charge is -2.04. The number of thiocarbonyl (C=S) groups is 1. The maximum atomic E-state index is 10.2. The minimum Gasteiger partial charge on any atom is -0.497 e. The van der Waals surface area contributed by atoms with E-state index in [0.717, 1.165) is 22.3 Å². The van der Waals surface area contributed by atoms with Crippen LogP contribution in [0.15, 0.2) is 58.8 Å². The fourth-order valence-corrected chi connectivity index (χ4v) is 2.54. The molecule has 0 aliphatic rings. The van der Waals surface area contributed by atoms with Crippen LogP contribution in [0.1, 0.15) is 0 Å².